The fourth-order valence-corrected chi connectivity index (χ4v) is 3.44. The molecule has 0 aliphatic carbocycles. The minimum absolute atomic E-state index is 0.0568. The van der Waals surface area contributed by atoms with Gasteiger partial charge in [-0.25, -0.2) is 9.78 Å². The molecular formula is C20H28N4O. The highest BCUT2D eigenvalue weighted by Gasteiger charge is 2.27. The Bertz CT molecular complexity index is 708. The Hall–Kier alpha value is -2.30. The van der Waals surface area contributed by atoms with Gasteiger partial charge in [0.05, 0.1) is 0 Å². The molecule has 1 N–H and O–H groups in total. The number of carbonyl (C=O) groups is 1. The van der Waals surface area contributed by atoms with E-state index in [1.165, 1.54) is 11.3 Å². The van der Waals surface area contributed by atoms with Crippen LogP contribution in [0.15, 0.2) is 36.5 Å². The molecule has 0 saturated carbocycles. The molecule has 2 heterocycles. The number of likely N-dealkylation sites (tertiary alicyclic amines) is 1. The van der Waals surface area contributed by atoms with Crippen molar-refractivity contribution in [1.29, 1.82) is 0 Å². The van der Waals surface area contributed by atoms with Crippen LogP contribution in [0.4, 0.5) is 4.79 Å². The number of aromatic nitrogens is 2. The molecule has 0 spiro atoms. The minimum atomic E-state index is 0.0568. The number of imidazole rings is 1. The van der Waals surface area contributed by atoms with E-state index in [1.54, 1.807) is 0 Å². The van der Waals surface area contributed by atoms with E-state index < -0.39 is 0 Å². The maximum absolute atomic E-state index is 12.2. The van der Waals surface area contributed by atoms with Gasteiger partial charge in [-0.05, 0) is 38.7 Å². The van der Waals surface area contributed by atoms with Crippen LogP contribution >= 0.6 is 0 Å². The number of amides is 2. The topological polar surface area (TPSA) is 50.2 Å². The van der Waals surface area contributed by atoms with Crippen LogP contribution in [0.25, 0.3) is 0 Å². The largest absolute Gasteiger partial charge is 0.336 e. The van der Waals surface area contributed by atoms with E-state index in [9.17, 15) is 4.79 Å². The number of rotatable bonds is 5. The smallest absolute Gasteiger partial charge is 0.317 e. The summed E-state index contributed by atoms with van der Waals surface area (Å²) in [6.07, 6.45) is 3.92. The summed E-state index contributed by atoms with van der Waals surface area (Å²) in [6.45, 7) is 8.60. The molecule has 1 aromatic heterocycles. The van der Waals surface area contributed by atoms with E-state index in [-0.39, 0.29) is 12.1 Å². The molecule has 1 aromatic carbocycles. The van der Waals surface area contributed by atoms with Crippen molar-refractivity contribution in [3.63, 3.8) is 0 Å². The van der Waals surface area contributed by atoms with Gasteiger partial charge < -0.3 is 14.8 Å². The van der Waals surface area contributed by atoms with Gasteiger partial charge in [-0.3, -0.25) is 0 Å². The number of benzene rings is 1. The van der Waals surface area contributed by atoms with Gasteiger partial charge in [0.2, 0.25) is 0 Å². The maximum Gasteiger partial charge on any atom is 0.317 e. The molecule has 1 atom stereocenters. The summed E-state index contributed by atoms with van der Waals surface area (Å²) >= 11 is 0. The van der Waals surface area contributed by atoms with E-state index in [0.717, 1.165) is 38.3 Å². The Morgan fingerprint density at radius 2 is 2.08 bits per heavy atom. The Kier molecular flexibility index (Phi) is 5.41. The summed E-state index contributed by atoms with van der Waals surface area (Å²) in [4.78, 5) is 18.7. The lowest BCUT2D eigenvalue weighted by atomic mass is 10.0. The number of aryl methyl sites for hydroxylation is 1. The van der Waals surface area contributed by atoms with E-state index in [2.05, 4.69) is 46.1 Å². The lowest BCUT2D eigenvalue weighted by Crippen LogP contribution is -2.41. The highest BCUT2D eigenvalue weighted by Crippen LogP contribution is 2.21. The van der Waals surface area contributed by atoms with Crippen LogP contribution in [0.2, 0.25) is 0 Å². The van der Waals surface area contributed by atoms with Crippen molar-refractivity contribution in [2.75, 3.05) is 13.1 Å². The normalized spacial score (nSPS) is 17.3. The van der Waals surface area contributed by atoms with Crippen LogP contribution in [0, 0.1) is 12.8 Å². The first-order valence-electron chi connectivity index (χ1n) is 9.13. The van der Waals surface area contributed by atoms with Crippen LogP contribution in [0.3, 0.4) is 0 Å². The van der Waals surface area contributed by atoms with Gasteiger partial charge in [-0.2, -0.15) is 0 Å². The van der Waals surface area contributed by atoms with Crippen LogP contribution in [0.1, 0.15) is 37.4 Å². The van der Waals surface area contributed by atoms with E-state index in [4.69, 9.17) is 0 Å². The van der Waals surface area contributed by atoms with Crippen molar-refractivity contribution in [3.05, 3.63) is 53.6 Å². The van der Waals surface area contributed by atoms with Crippen molar-refractivity contribution in [1.82, 2.24) is 19.8 Å². The molecule has 1 aliphatic rings. The highest BCUT2D eigenvalue weighted by atomic mass is 16.2. The average Bonchev–Trinajstić information content (AvgIpc) is 3.17. The quantitative estimate of drug-likeness (QED) is 0.908. The Morgan fingerprint density at radius 1 is 1.32 bits per heavy atom. The van der Waals surface area contributed by atoms with Crippen molar-refractivity contribution in [2.45, 2.75) is 46.2 Å². The number of hydrogen-bond donors (Lipinski definition) is 1. The fraction of sp³-hybridized carbons (Fsp3) is 0.500. The third-order valence-corrected chi connectivity index (χ3v) is 4.78. The molecule has 0 bridgehead atoms. The summed E-state index contributed by atoms with van der Waals surface area (Å²) in [5.41, 5.74) is 2.47. The van der Waals surface area contributed by atoms with Gasteiger partial charge in [0.15, 0.2) is 0 Å². The number of urea groups is 1. The van der Waals surface area contributed by atoms with Gasteiger partial charge >= 0.3 is 6.03 Å². The molecule has 134 valence electrons. The lowest BCUT2D eigenvalue weighted by molar-refractivity contribution is 0.204. The van der Waals surface area contributed by atoms with Gasteiger partial charge in [-0.1, -0.05) is 30.3 Å². The van der Waals surface area contributed by atoms with Crippen molar-refractivity contribution in [3.8, 4) is 0 Å². The molecule has 1 fully saturated rings. The first-order chi connectivity index (χ1) is 12.0. The van der Waals surface area contributed by atoms with Crippen molar-refractivity contribution >= 4 is 6.03 Å². The number of nitrogens with zero attached hydrogens (tertiary/aromatic N) is 3. The SMILES string of the molecule is Cc1cnc(CC2CCN(C(=O)NC(C)C)C2)n1Cc1ccccc1. The number of carbonyl (C=O) groups excluding carboxylic acids is 1. The standard InChI is InChI=1S/C20H28N4O/c1-15(2)22-20(25)23-10-9-18(13-23)11-19-21-12-16(3)24(19)14-17-7-5-4-6-8-17/h4-8,12,15,18H,9-11,13-14H2,1-3H3,(H,22,25). The molecule has 1 aliphatic heterocycles. The monoisotopic (exact) mass is 340 g/mol. The maximum atomic E-state index is 12.2. The molecule has 3 rings (SSSR count). The van der Waals surface area contributed by atoms with Gasteiger partial charge in [0, 0.05) is 44.0 Å². The Morgan fingerprint density at radius 3 is 2.80 bits per heavy atom. The number of nitrogens with one attached hydrogen (secondary N) is 1. The molecule has 1 unspecified atom stereocenters. The van der Waals surface area contributed by atoms with E-state index >= 15 is 0 Å². The lowest BCUT2D eigenvalue weighted by Gasteiger charge is -2.19. The fourth-order valence-electron chi connectivity index (χ4n) is 3.44. The first kappa shape index (κ1) is 17.5. The first-order valence-corrected chi connectivity index (χ1v) is 9.13. The van der Waals surface area contributed by atoms with Gasteiger partial charge in [-0.15, -0.1) is 0 Å². The second-order valence-electron chi connectivity index (χ2n) is 7.30. The molecule has 25 heavy (non-hydrogen) atoms. The van der Waals surface area contributed by atoms with Crippen LogP contribution < -0.4 is 5.32 Å². The summed E-state index contributed by atoms with van der Waals surface area (Å²) < 4.78 is 2.30. The second-order valence-corrected chi connectivity index (χ2v) is 7.30. The van der Waals surface area contributed by atoms with E-state index in [1.807, 2.05) is 31.0 Å². The van der Waals surface area contributed by atoms with Crippen LogP contribution in [-0.2, 0) is 13.0 Å². The average molecular weight is 340 g/mol. The molecular weight excluding hydrogens is 312 g/mol. The third-order valence-electron chi connectivity index (χ3n) is 4.78. The Labute approximate surface area is 150 Å². The predicted octanol–water partition coefficient (Wildman–Crippen LogP) is 3.22. The van der Waals surface area contributed by atoms with Crippen LogP contribution in [0.5, 0.6) is 0 Å². The summed E-state index contributed by atoms with van der Waals surface area (Å²) in [7, 11) is 0. The predicted molar refractivity (Wildman–Crippen MR) is 99.6 cm³/mol. The molecule has 0 radical (unpaired) electrons. The molecule has 2 amide bonds. The number of hydrogen-bond acceptors (Lipinski definition) is 2. The molecule has 5 heteroatoms. The third kappa shape index (κ3) is 4.41. The summed E-state index contributed by atoms with van der Waals surface area (Å²) in [6, 6.07) is 10.7. The molecule has 5 nitrogen and oxygen atoms in total. The summed E-state index contributed by atoms with van der Waals surface area (Å²) in [5, 5.41) is 2.98. The minimum Gasteiger partial charge on any atom is -0.336 e. The molecule has 2 aromatic rings. The van der Waals surface area contributed by atoms with Gasteiger partial charge in [0.25, 0.3) is 0 Å². The van der Waals surface area contributed by atoms with Gasteiger partial charge in [0.1, 0.15) is 5.82 Å². The summed E-state index contributed by atoms with van der Waals surface area (Å²) in [5.74, 6) is 1.60. The van der Waals surface area contributed by atoms with E-state index in [0.29, 0.717) is 5.92 Å². The second kappa shape index (κ2) is 7.72. The van der Waals surface area contributed by atoms with Crippen molar-refractivity contribution < 1.29 is 4.79 Å². The Balaban J connectivity index is 1.63. The molecule has 1 saturated heterocycles. The van der Waals surface area contributed by atoms with Crippen molar-refractivity contribution in [2.24, 2.45) is 5.92 Å². The highest BCUT2D eigenvalue weighted by molar-refractivity contribution is 5.74. The van der Waals surface area contributed by atoms with Crippen LogP contribution in [-0.4, -0.2) is 39.6 Å². The zero-order valence-electron chi connectivity index (χ0n) is 15.4. The zero-order chi connectivity index (χ0) is 17.8. The zero-order valence-corrected chi connectivity index (χ0v) is 15.4.